The van der Waals surface area contributed by atoms with Crippen LogP contribution < -0.4 is 5.32 Å². The number of hydrogen-bond donors (Lipinski definition) is 2. The highest BCUT2D eigenvalue weighted by Crippen LogP contribution is 2.21. The number of aromatic amines is 1. The third kappa shape index (κ3) is 2.67. The number of amides is 1. The van der Waals surface area contributed by atoms with Gasteiger partial charge in [-0.3, -0.25) is 4.79 Å². The van der Waals surface area contributed by atoms with Crippen LogP contribution in [0, 0.1) is 6.92 Å². The average molecular weight is 318 g/mol. The van der Waals surface area contributed by atoms with Crippen molar-refractivity contribution in [2.75, 3.05) is 6.54 Å². The predicted molar refractivity (Wildman–Crippen MR) is 95.3 cm³/mol. The quantitative estimate of drug-likeness (QED) is 0.592. The Bertz CT molecular complexity index is 1030. The Balaban J connectivity index is 1.44. The van der Waals surface area contributed by atoms with Crippen molar-refractivity contribution >= 4 is 27.8 Å². The first-order valence-electron chi connectivity index (χ1n) is 8.04. The zero-order chi connectivity index (χ0) is 16.5. The zero-order valence-corrected chi connectivity index (χ0v) is 13.4. The number of aryl methyl sites for hydroxylation is 1. The summed E-state index contributed by atoms with van der Waals surface area (Å²) < 4.78 is 5.65. The largest absolute Gasteiger partial charge is 0.451 e. The van der Waals surface area contributed by atoms with E-state index in [0.717, 1.165) is 28.5 Å². The van der Waals surface area contributed by atoms with Crippen LogP contribution in [0.1, 0.15) is 21.7 Å². The molecule has 120 valence electrons. The molecule has 0 bridgehead atoms. The third-order valence-electron chi connectivity index (χ3n) is 4.25. The van der Waals surface area contributed by atoms with Gasteiger partial charge in [0.05, 0.1) is 0 Å². The highest BCUT2D eigenvalue weighted by atomic mass is 16.3. The Labute approximate surface area is 139 Å². The van der Waals surface area contributed by atoms with Crippen LogP contribution in [0.2, 0.25) is 0 Å². The van der Waals surface area contributed by atoms with Gasteiger partial charge < -0.3 is 14.7 Å². The fourth-order valence-electron chi connectivity index (χ4n) is 2.99. The molecule has 2 N–H and O–H groups in total. The minimum Gasteiger partial charge on any atom is -0.451 e. The van der Waals surface area contributed by atoms with Gasteiger partial charge in [-0.25, -0.2) is 0 Å². The molecule has 0 saturated carbocycles. The fraction of sp³-hybridized carbons (Fsp3) is 0.150. The van der Waals surface area contributed by atoms with Gasteiger partial charge in [-0.05, 0) is 42.7 Å². The summed E-state index contributed by atoms with van der Waals surface area (Å²) in [5.41, 5.74) is 4.18. The molecule has 0 unspecified atom stereocenters. The molecule has 0 radical (unpaired) electrons. The van der Waals surface area contributed by atoms with Crippen molar-refractivity contribution in [1.29, 1.82) is 0 Å². The number of nitrogens with one attached hydrogen (secondary N) is 2. The molecule has 2 heterocycles. The van der Waals surface area contributed by atoms with Crippen LogP contribution in [-0.2, 0) is 6.42 Å². The summed E-state index contributed by atoms with van der Waals surface area (Å²) in [6.07, 6.45) is 2.77. The number of para-hydroxylation sites is 1. The number of furan rings is 1. The molecule has 0 fully saturated rings. The number of benzene rings is 2. The van der Waals surface area contributed by atoms with Crippen molar-refractivity contribution in [3.05, 3.63) is 71.6 Å². The molecular formula is C20H18N2O2. The van der Waals surface area contributed by atoms with E-state index in [-0.39, 0.29) is 5.91 Å². The van der Waals surface area contributed by atoms with Crippen molar-refractivity contribution in [3.8, 4) is 0 Å². The second-order valence-electron chi connectivity index (χ2n) is 6.02. The first-order valence-corrected chi connectivity index (χ1v) is 8.04. The molecule has 4 rings (SSSR count). The molecule has 0 aliphatic rings. The SMILES string of the molecule is Cc1ccc2cc(C(=O)NCCc3c[nH]c4ccccc34)oc2c1. The second kappa shape index (κ2) is 5.89. The lowest BCUT2D eigenvalue weighted by atomic mass is 10.1. The van der Waals surface area contributed by atoms with Gasteiger partial charge in [0.25, 0.3) is 5.91 Å². The molecule has 1 amide bonds. The van der Waals surface area contributed by atoms with E-state index in [1.165, 1.54) is 10.9 Å². The summed E-state index contributed by atoms with van der Waals surface area (Å²) in [7, 11) is 0. The molecule has 4 heteroatoms. The number of hydrogen-bond acceptors (Lipinski definition) is 2. The van der Waals surface area contributed by atoms with Crippen molar-refractivity contribution in [1.82, 2.24) is 10.3 Å². The molecule has 24 heavy (non-hydrogen) atoms. The van der Waals surface area contributed by atoms with Crippen LogP contribution in [-0.4, -0.2) is 17.4 Å². The Morgan fingerprint density at radius 2 is 2.04 bits per heavy atom. The molecule has 4 aromatic rings. The van der Waals surface area contributed by atoms with Gasteiger partial charge in [-0.15, -0.1) is 0 Å². The molecule has 0 spiro atoms. The van der Waals surface area contributed by atoms with E-state index in [1.54, 1.807) is 6.07 Å². The third-order valence-corrected chi connectivity index (χ3v) is 4.25. The number of carbonyl (C=O) groups is 1. The second-order valence-corrected chi connectivity index (χ2v) is 6.02. The van der Waals surface area contributed by atoms with Crippen LogP contribution in [0.5, 0.6) is 0 Å². The smallest absolute Gasteiger partial charge is 0.287 e. The lowest BCUT2D eigenvalue weighted by Gasteiger charge is -2.02. The number of carbonyl (C=O) groups excluding carboxylic acids is 1. The van der Waals surface area contributed by atoms with E-state index in [1.807, 2.05) is 49.5 Å². The standard InChI is InChI=1S/C20H18N2O2/c1-13-6-7-14-11-19(24-18(14)10-13)20(23)21-9-8-15-12-22-17-5-3-2-4-16(15)17/h2-7,10-12,22H,8-9H2,1H3,(H,21,23). The number of fused-ring (bicyclic) bond motifs is 2. The topological polar surface area (TPSA) is 58.0 Å². The van der Waals surface area contributed by atoms with Crippen molar-refractivity contribution < 1.29 is 9.21 Å². The number of H-pyrrole nitrogens is 1. The molecule has 0 atom stereocenters. The molecular weight excluding hydrogens is 300 g/mol. The van der Waals surface area contributed by atoms with E-state index in [2.05, 4.69) is 16.4 Å². The van der Waals surface area contributed by atoms with Gasteiger partial charge >= 0.3 is 0 Å². The van der Waals surface area contributed by atoms with E-state index < -0.39 is 0 Å². The minimum atomic E-state index is -0.177. The summed E-state index contributed by atoms with van der Waals surface area (Å²) in [6, 6.07) is 15.9. The Morgan fingerprint density at radius 3 is 2.96 bits per heavy atom. The minimum absolute atomic E-state index is 0.177. The summed E-state index contributed by atoms with van der Waals surface area (Å²) in [5, 5.41) is 5.08. The number of aromatic nitrogens is 1. The Morgan fingerprint density at radius 1 is 1.17 bits per heavy atom. The van der Waals surface area contributed by atoms with E-state index in [0.29, 0.717) is 12.3 Å². The molecule has 2 aromatic carbocycles. The Kier molecular flexibility index (Phi) is 3.58. The zero-order valence-electron chi connectivity index (χ0n) is 13.4. The summed E-state index contributed by atoms with van der Waals surface area (Å²) in [5.74, 6) is 0.179. The van der Waals surface area contributed by atoms with Crippen molar-refractivity contribution in [3.63, 3.8) is 0 Å². The maximum absolute atomic E-state index is 12.3. The van der Waals surface area contributed by atoms with Gasteiger partial charge in [0.15, 0.2) is 5.76 Å². The normalized spacial score (nSPS) is 11.2. The first kappa shape index (κ1) is 14.6. The maximum Gasteiger partial charge on any atom is 0.287 e. The molecule has 0 aliphatic heterocycles. The van der Waals surface area contributed by atoms with Crippen LogP contribution in [0.3, 0.4) is 0 Å². The molecule has 0 aliphatic carbocycles. The van der Waals surface area contributed by atoms with Crippen LogP contribution in [0.25, 0.3) is 21.9 Å². The highest BCUT2D eigenvalue weighted by molar-refractivity contribution is 5.96. The van der Waals surface area contributed by atoms with E-state index in [4.69, 9.17) is 4.42 Å². The summed E-state index contributed by atoms with van der Waals surface area (Å²) >= 11 is 0. The van der Waals surface area contributed by atoms with Crippen LogP contribution in [0.4, 0.5) is 0 Å². The van der Waals surface area contributed by atoms with Crippen LogP contribution >= 0.6 is 0 Å². The Hall–Kier alpha value is -3.01. The fourth-order valence-corrected chi connectivity index (χ4v) is 2.99. The van der Waals surface area contributed by atoms with Gasteiger partial charge in [-0.2, -0.15) is 0 Å². The van der Waals surface area contributed by atoms with E-state index in [9.17, 15) is 4.79 Å². The lowest BCUT2D eigenvalue weighted by molar-refractivity contribution is 0.0928. The maximum atomic E-state index is 12.3. The van der Waals surface area contributed by atoms with Crippen molar-refractivity contribution in [2.24, 2.45) is 0 Å². The summed E-state index contributed by atoms with van der Waals surface area (Å²) in [4.78, 5) is 15.5. The number of rotatable bonds is 4. The predicted octanol–water partition coefficient (Wildman–Crippen LogP) is 4.20. The van der Waals surface area contributed by atoms with Gasteiger partial charge in [0.1, 0.15) is 5.58 Å². The molecule has 0 saturated heterocycles. The first-order chi connectivity index (χ1) is 11.7. The highest BCUT2D eigenvalue weighted by Gasteiger charge is 2.12. The monoisotopic (exact) mass is 318 g/mol. The van der Waals surface area contributed by atoms with Crippen molar-refractivity contribution in [2.45, 2.75) is 13.3 Å². The average Bonchev–Trinajstić information content (AvgIpc) is 3.18. The van der Waals surface area contributed by atoms with Crippen LogP contribution in [0.15, 0.2) is 59.1 Å². The van der Waals surface area contributed by atoms with Gasteiger partial charge in [0.2, 0.25) is 0 Å². The van der Waals surface area contributed by atoms with Gasteiger partial charge in [0, 0.05) is 29.0 Å². The molecule has 4 nitrogen and oxygen atoms in total. The molecule has 2 aromatic heterocycles. The summed E-state index contributed by atoms with van der Waals surface area (Å²) in [6.45, 7) is 2.57. The van der Waals surface area contributed by atoms with Gasteiger partial charge in [-0.1, -0.05) is 30.3 Å². The van der Waals surface area contributed by atoms with E-state index >= 15 is 0 Å². The lowest BCUT2D eigenvalue weighted by Crippen LogP contribution is -2.25.